The number of oxazole rings is 1. The monoisotopic (exact) mass is 618 g/mol. The summed E-state index contributed by atoms with van der Waals surface area (Å²) in [6.45, 7) is 4.56. The summed E-state index contributed by atoms with van der Waals surface area (Å²) in [5, 5.41) is 11.7. The fourth-order valence-electron chi connectivity index (χ4n) is 5.10. The van der Waals surface area contributed by atoms with Crippen LogP contribution >= 0.6 is 0 Å². The van der Waals surface area contributed by atoms with Crippen molar-refractivity contribution in [2.45, 2.75) is 63.1 Å². The summed E-state index contributed by atoms with van der Waals surface area (Å²) in [6.07, 6.45) is -8.45. The van der Waals surface area contributed by atoms with Crippen molar-refractivity contribution < 1.29 is 49.5 Å². The first-order valence-electron chi connectivity index (χ1n) is 13.6. The van der Waals surface area contributed by atoms with E-state index < -0.39 is 84.3 Å². The van der Waals surface area contributed by atoms with Gasteiger partial charge in [-0.05, 0) is 24.5 Å². The number of hydrogen-bond donors (Lipinski definition) is 1. The van der Waals surface area contributed by atoms with Crippen LogP contribution < -0.4 is 5.32 Å². The molecule has 1 aliphatic heterocycles. The van der Waals surface area contributed by atoms with Gasteiger partial charge in [0.1, 0.15) is 17.5 Å². The number of rotatable bonds is 7. The molecule has 0 spiro atoms. The third-order valence-corrected chi connectivity index (χ3v) is 7.58. The van der Waals surface area contributed by atoms with Crippen molar-refractivity contribution in [2.75, 3.05) is 26.3 Å². The van der Waals surface area contributed by atoms with E-state index >= 15 is 0 Å². The van der Waals surface area contributed by atoms with Crippen LogP contribution in [0.3, 0.4) is 0 Å². The normalized spacial score (nSPS) is 21.7. The summed E-state index contributed by atoms with van der Waals surface area (Å²) in [6, 6.07) is 5.96. The number of nitrogens with one attached hydrogen (secondary N) is 1. The second-order valence-electron chi connectivity index (χ2n) is 11.0. The zero-order valence-corrected chi connectivity index (χ0v) is 23.2. The van der Waals surface area contributed by atoms with E-state index in [1.807, 2.05) is 6.07 Å². The smallest absolute Gasteiger partial charge is 0.439 e. The first-order chi connectivity index (χ1) is 20.1. The lowest BCUT2D eigenvalue weighted by molar-refractivity contribution is -0.297. The minimum absolute atomic E-state index is 0.0323. The quantitative estimate of drug-likeness (QED) is 0.402. The topological polar surface area (TPSA) is 108 Å². The molecule has 234 valence electrons. The molecule has 2 amide bonds. The lowest BCUT2D eigenvalue weighted by Crippen LogP contribution is -2.46. The molecule has 0 unspecified atom stereocenters. The minimum atomic E-state index is -6.09. The summed E-state index contributed by atoms with van der Waals surface area (Å²) < 4.78 is 108. The molecule has 8 nitrogen and oxygen atoms in total. The van der Waals surface area contributed by atoms with E-state index in [4.69, 9.17) is 9.15 Å². The molecule has 1 aromatic heterocycles. The highest BCUT2D eigenvalue weighted by Gasteiger charge is 2.63. The summed E-state index contributed by atoms with van der Waals surface area (Å²) in [4.78, 5) is 31.0. The lowest BCUT2D eigenvalue weighted by Gasteiger charge is -2.35. The molecule has 2 fully saturated rings. The second-order valence-corrected chi connectivity index (χ2v) is 11.0. The number of aromatic nitrogens is 1. The zero-order chi connectivity index (χ0) is 31.7. The molecule has 2 aliphatic rings. The van der Waals surface area contributed by atoms with Gasteiger partial charge in [-0.25, -0.2) is 13.8 Å². The number of nitrogens with zero attached hydrogens (tertiary/aromatic N) is 3. The maximum atomic E-state index is 14.5. The van der Waals surface area contributed by atoms with Crippen LogP contribution in [0.5, 0.6) is 0 Å². The molecule has 15 heteroatoms. The van der Waals surface area contributed by atoms with Gasteiger partial charge in [0, 0.05) is 43.0 Å². The highest BCUT2D eigenvalue weighted by molar-refractivity contribution is 5.94. The van der Waals surface area contributed by atoms with Crippen molar-refractivity contribution in [3.63, 3.8) is 0 Å². The Morgan fingerprint density at radius 1 is 1.12 bits per heavy atom. The van der Waals surface area contributed by atoms with Gasteiger partial charge in [0.25, 0.3) is 11.8 Å². The van der Waals surface area contributed by atoms with Gasteiger partial charge in [0.05, 0.1) is 25.2 Å². The van der Waals surface area contributed by atoms with Crippen LogP contribution in [-0.2, 0) is 15.5 Å². The fraction of sp³-hybridized carbons (Fsp3) is 0.571. The van der Waals surface area contributed by atoms with E-state index in [9.17, 15) is 45.6 Å². The Hall–Kier alpha value is -3.67. The van der Waals surface area contributed by atoms with Gasteiger partial charge in [0.15, 0.2) is 0 Å². The van der Waals surface area contributed by atoms with Gasteiger partial charge in [-0.2, -0.15) is 27.2 Å². The summed E-state index contributed by atoms with van der Waals surface area (Å²) >= 11 is 0. The summed E-state index contributed by atoms with van der Waals surface area (Å²) in [7, 11) is 0. The SMILES string of the molecule is CC(C)[C@@H](C#N)NC(=O)[C@@H]1CC(F)(F)CC[C@H]1c1oc(C(F)(F)C(F)(F)F)nc1-c1ccc(C(=O)N2CCOCC2)cc1. The van der Waals surface area contributed by atoms with Crippen molar-refractivity contribution in [1.82, 2.24) is 15.2 Å². The van der Waals surface area contributed by atoms with Crippen LogP contribution in [0, 0.1) is 23.2 Å². The number of alkyl halides is 7. The lowest BCUT2D eigenvalue weighted by atomic mass is 9.74. The average Bonchev–Trinajstić information content (AvgIpc) is 3.40. The predicted octanol–water partition coefficient (Wildman–Crippen LogP) is 5.65. The van der Waals surface area contributed by atoms with Gasteiger partial charge in [-0.1, -0.05) is 26.0 Å². The fourth-order valence-corrected chi connectivity index (χ4v) is 5.10. The first kappa shape index (κ1) is 32.2. The number of ether oxygens (including phenoxy) is 1. The molecule has 4 rings (SSSR count). The average molecular weight is 619 g/mol. The largest absolute Gasteiger partial charge is 0.463 e. The summed E-state index contributed by atoms with van der Waals surface area (Å²) in [5.74, 6) is -16.3. The van der Waals surface area contributed by atoms with Crippen molar-refractivity contribution in [3.8, 4) is 17.3 Å². The van der Waals surface area contributed by atoms with Crippen LogP contribution in [0.4, 0.5) is 30.7 Å². The van der Waals surface area contributed by atoms with Gasteiger partial charge < -0.3 is 19.4 Å². The Labute approximate surface area is 242 Å². The number of hydrogen-bond acceptors (Lipinski definition) is 6. The number of carbonyl (C=O) groups excluding carboxylic acids is 2. The van der Waals surface area contributed by atoms with E-state index in [-0.39, 0.29) is 17.0 Å². The second kappa shape index (κ2) is 12.1. The van der Waals surface area contributed by atoms with Crippen LogP contribution in [0.25, 0.3) is 11.3 Å². The Kier molecular flexibility index (Phi) is 9.10. The minimum Gasteiger partial charge on any atom is -0.439 e. The molecule has 0 bridgehead atoms. The molecule has 1 saturated carbocycles. The standard InChI is InChI=1S/C28H29F7N4O4/c1-15(2)20(14-36)37-23(40)19-13-26(29,30)8-7-18(19)22-21(38-25(43-22)27(31,32)28(33,34)35)16-3-5-17(6-4-16)24(41)39-9-11-42-12-10-39/h3-6,15,18-20H,7-13H2,1-2H3,(H,37,40)/t18-,19-,20-/m1/s1. The van der Waals surface area contributed by atoms with E-state index in [0.29, 0.717) is 26.3 Å². The number of benzene rings is 1. The molecule has 2 heterocycles. The van der Waals surface area contributed by atoms with Crippen molar-refractivity contribution in [1.29, 1.82) is 5.26 Å². The van der Waals surface area contributed by atoms with E-state index in [2.05, 4.69) is 10.3 Å². The van der Waals surface area contributed by atoms with E-state index in [0.717, 1.165) is 0 Å². The van der Waals surface area contributed by atoms with Crippen LogP contribution in [-0.4, -0.2) is 66.1 Å². The molecule has 2 aromatic rings. The molecule has 1 aromatic carbocycles. The zero-order valence-electron chi connectivity index (χ0n) is 23.2. The molecular weight excluding hydrogens is 589 g/mol. The maximum Gasteiger partial charge on any atom is 0.463 e. The summed E-state index contributed by atoms with van der Waals surface area (Å²) in [5.41, 5.74) is -0.338. The van der Waals surface area contributed by atoms with Crippen LogP contribution in [0.1, 0.15) is 61.0 Å². The Morgan fingerprint density at radius 2 is 1.74 bits per heavy atom. The number of nitriles is 1. The molecule has 1 saturated heterocycles. The highest BCUT2D eigenvalue weighted by atomic mass is 19.4. The number of carbonyl (C=O) groups is 2. The van der Waals surface area contributed by atoms with E-state index in [1.54, 1.807) is 13.8 Å². The maximum absolute atomic E-state index is 14.5. The molecule has 3 atom stereocenters. The van der Waals surface area contributed by atoms with Crippen molar-refractivity contribution in [2.24, 2.45) is 11.8 Å². The first-order valence-corrected chi connectivity index (χ1v) is 13.6. The van der Waals surface area contributed by atoms with Crippen molar-refractivity contribution in [3.05, 3.63) is 41.5 Å². The third-order valence-electron chi connectivity index (χ3n) is 7.58. The van der Waals surface area contributed by atoms with Gasteiger partial charge in [-0.3, -0.25) is 9.59 Å². The van der Waals surface area contributed by atoms with Crippen molar-refractivity contribution >= 4 is 11.8 Å². The number of halogens is 7. The molecule has 43 heavy (non-hydrogen) atoms. The molecule has 1 N–H and O–H groups in total. The van der Waals surface area contributed by atoms with Gasteiger partial charge in [-0.15, -0.1) is 0 Å². The van der Waals surface area contributed by atoms with Crippen LogP contribution in [0.15, 0.2) is 28.7 Å². The predicted molar refractivity (Wildman–Crippen MR) is 136 cm³/mol. The highest BCUT2D eigenvalue weighted by Crippen LogP contribution is 2.50. The van der Waals surface area contributed by atoms with E-state index in [1.165, 1.54) is 29.2 Å². The Bertz CT molecular complexity index is 1360. The third kappa shape index (κ3) is 6.79. The molecular formula is C28H29F7N4O4. The van der Waals surface area contributed by atoms with Crippen LogP contribution in [0.2, 0.25) is 0 Å². The number of amides is 2. The molecule has 1 aliphatic carbocycles. The Morgan fingerprint density at radius 3 is 2.30 bits per heavy atom. The van der Waals surface area contributed by atoms with Gasteiger partial charge in [0.2, 0.25) is 11.8 Å². The molecule has 0 radical (unpaired) electrons. The van der Waals surface area contributed by atoms with Gasteiger partial charge >= 0.3 is 12.1 Å². The Balaban J connectivity index is 1.77. The number of morpholine rings is 1.